The summed E-state index contributed by atoms with van der Waals surface area (Å²) in [5.74, 6) is 0.828. The van der Waals surface area contributed by atoms with Gasteiger partial charge in [0.1, 0.15) is 17.2 Å². The maximum Gasteiger partial charge on any atom is 0.276 e. The number of hydrogen-bond donors (Lipinski definition) is 2. The Bertz CT molecular complexity index is 737. The largest absolute Gasteiger partial charge is 0.382 e. The Morgan fingerprint density at radius 1 is 1.26 bits per heavy atom. The maximum absolute atomic E-state index is 6.01. The van der Waals surface area contributed by atoms with Crippen molar-refractivity contribution in [2.75, 3.05) is 5.73 Å². The summed E-state index contributed by atoms with van der Waals surface area (Å²) >= 11 is 11.8. The zero-order valence-electron chi connectivity index (χ0n) is 9.26. The lowest BCUT2D eigenvalue weighted by atomic mass is 10.3. The van der Waals surface area contributed by atoms with Crippen LogP contribution < -0.4 is 5.73 Å². The molecule has 0 fully saturated rings. The second-order valence-corrected chi connectivity index (χ2v) is 4.46. The number of nitrogen functional groups attached to an aromatic ring is 1. The molecule has 0 unspecified atom stereocenters. The Morgan fingerprint density at radius 3 is 2.79 bits per heavy atom. The van der Waals surface area contributed by atoms with Crippen molar-refractivity contribution in [1.82, 2.24) is 25.3 Å². The summed E-state index contributed by atoms with van der Waals surface area (Å²) in [6, 6.07) is 3.13. The third-order valence-corrected chi connectivity index (χ3v) is 2.77. The SMILES string of the molecule is Nc1cc(-c2nc(-c3ncc(Cl)cc3Cl)no2)[nH]n1. The summed E-state index contributed by atoms with van der Waals surface area (Å²) in [5.41, 5.74) is 6.39. The van der Waals surface area contributed by atoms with E-state index in [1.165, 1.54) is 6.20 Å². The topological polar surface area (TPSA) is 107 Å². The van der Waals surface area contributed by atoms with Gasteiger partial charge in [-0.05, 0) is 6.07 Å². The van der Waals surface area contributed by atoms with E-state index in [9.17, 15) is 0 Å². The van der Waals surface area contributed by atoms with E-state index in [4.69, 9.17) is 33.5 Å². The van der Waals surface area contributed by atoms with Gasteiger partial charge in [-0.25, -0.2) is 4.98 Å². The quantitative estimate of drug-likeness (QED) is 0.752. The molecule has 0 radical (unpaired) electrons. The first-order chi connectivity index (χ1) is 9.13. The predicted molar refractivity (Wildman–Crippen MR) is 69.5 cm³/mol. The van der Waals surface area contributed by atoms with E-state index in [0.717, 1.165) is 0 Å². The van der Waals surface area contributed by atoms with E-state index in [2.05, 4.69) is 25.3 Å². The third kappa shape index (κ3) is 2.25. The summed E-state index contributed by atoms with van der Waals surface area (Å²) in [6.45, 7) is 0. The summed E-state index contributed by atoms with van der Waals surface area (Å²) in [4.78, 5) is 8.22. The lowest BCUT2D eigenvalue weighted by molar-refractivity contribution is 0.430. The third-order valence-electron chi connectivity index (χ3n) is 2.27. The first-order valence-corrected chi connectivity index (χ1v) is 5.85. The summed E-state index contributed by atoms with van der Waals surface area (Å²) in [5, 5.41) is 11.0. The smallest absolute Gasteiger partial charge is 0.276 e. The van der Waals surface area contributed by atoms with Crippen LogP contribution in [-0.4, -0.2) is 25.3 Å². The fourth-order valence-electron chi connectivity index (χ4n) is 1.45. The van der Waals surface area contributed by atoms with Gasteiger partial charge in [0.05, 0.1) is 10.0 Å². The number of aromatic amines is 1. The van der Waals surface area contributed by atoms with Gasteiger partial charge in [-0.2, -0.15) is 10.1 Å². The summed E-state index contributed by atoms with van der Waals surface area (Å²) in [6.07, 6.45) is 1.45. The van der Waals surface area contributed by atoms with Crippen molar-refractivity contribution in [2.45, 2.75) is 0 Å². The molecule has 0 saturated heterocycles. The second-order valence-electron chi connectivity index (χ2n) is 3.61. The van der Waals surface area contributed by atoms with Crippen molar-refractivity contribution < 1.29 is 4.52 Å². The second kappa shape index (κ2) is 4.52. The Balaban J connectivity index is 2.01. The standard InChI is InChI=1S/C10H6Cl2N6O/c11-4-1-5(12)8(14-3-4)9-15-10(19-18-9)6-2-7(13)17-16-6/h1-3H,(H3,13,16,17). The van der Waals surface area contributed by atoms with Crippen LogP contribution in [0.4, 0.5) is 5.82 Å². The molecule has 7 nitrogen and oxygen atoms in total. The number of nitrogens with two attached hydrogens (primary N) is 1. The first kappa shape index (κ1) is 11.9. The fourth-order valence-corrected chi connectivity index (χ4v) is 1.92. The van der Waals surface area contributed by atoms with Crippen molar-refractivity contribution in [3.63, 3.8) is 0 Å². The average molecular weight is 297 g/mol. The maximum atomic E-state index is 6.01. The zero-order chi connectivity index (χ0) is 13.4. The molecule has 0 saturated carbocycles. The van der Waals surface area contributed by atoms with Crippen molar-refractivity contribution in [1.29, 1.82) is 0 Å². The molecule has 9 heteroatoms. The van der Waals surface area contributed by atoms with Gasteiger partial charge in [-0.15, -0.1) is 0 Å². The highest BCUT2D eigenvalue weighted by Crippen LogP contribution is 2.27. The number of pyridine rings is 1. The Morgan fingerprint density at radius 2 is 2.11 bits per heavy atom. The van der Waals surface area contributed by atoms with Gasteiger partial charge >= 0.3 is 0 Å². The molecular formula is C10H6Cl2N6O. The lowest BCUT2D eigenvalue weighted by Gasteiger charge is -1.97. The predicted octanol–water partition coefficient (Wildman–Crippen LogP) is 2.41. The Labute approximate surface area is 116 Å². The summed E-state index contributed by atoms with van der Waals surface area (Å²) in [7, 11) is 0. The molecule has 96 valence electrons. The minimum Gasteiger partial charge on any atom is -0.382 e. The molecule has 3 heterocycles. The number of anilines is 1. The molecule has 0 aliphatic rings. The van der Waals surface area contributed by atoms with Gasteiger partial charge in [0, 0.05) is 12.3 Å². The number of rotatable bonds is 2. The van der Waals surface area contributed by atoms with Crippen LogP contribution in [0.25, 0.3) is 23.1 Å². The van der Waals surface area contributed by atoms with Crippen LogP contribution in [0.3, 0.4) is 0 Å². The molecule has 3 aromatic heterocycles. The van der Waals surface area contributed by atoms with Gasteiger partial charge in [-0.3, -0.25) is 5.10 Å². The Kier molecular flexibility index (Phi) is 2.84. The molecule has 0 aromatic carbocycles. The molecule has 3 rings (SSSR count). The molecule has 0 aliphatic heterocycles. The lowest BCUT2D eigenvalue weighted by Crippen LogP contribution is -1.87. The molecule has 3 N–H and O–H groups in total. The van der Waals surface area contributed by atoms with Gasteiger partial charge < -0.3 is 10.3 Å². The highest BCUT2D eigenvalue weighted by atomic mass is 35.5. The zero-order valence-corrected chi connectivity index (χ0v) is 10.8. The normalized spacial score (nSPS) is 10.8. The molecule has 0 atom stereocenters. The van der Waals surface area contributed by atoms with Crippen LogP contribution in [0.2, 0.25) is 10.0 Å². The molecule has 3 aromatic rings. The van der Waals surface area contributed by atoms with Crippen LogP contribution in [-0.2, 0) is 0 Å². The van der Waals surface area contributed by atoms with E-state index in [1.54, 1.807) is 12.1 Å². The van der Waals surface area contributed by atoms with E-state index in [1.807, 2.05) is 0 Å². The van der Waals surface area contributed by atoms with E-state index < -0.39 is 0 Å². The monoisotopic (exact) mass is 296 g/mol. The van der Waals surface area contributed by atoms with Crippen molar-refractivity contribution in [2.24, 2.45) is 0 Å². The van der Waals surface area contributed by atoms with Crippen LogP contribution in [0.1, 0.15) is 0 Å². The number of nitrogens with zero attached hydrogens (tertiary/aromatic N) is 4. The number of aromatic nitrogens is 5. The van der Waals surface area contributed by atoms with E-state index in [-0.39, 0.29) is 11.7 Å². The van der Waals surface area contributed by atoms with Crippen LogP contribution in [0.5, 0.6) is 0 Å². The molecule has 19 heavy (non-hydrogen) atoms. The van der Waals surface area contributed by atoms with Crippen molar-refractivity contribution >= 4 is 29.0 Å². The number of halogens is 2. The minimum atomic E-state index is 0.243. The first-order valence-electron chi connectivity index (χ1n) is 5.10. The molecule has 0 bridgehead atoms. The molecule has 0 amide bonds. The fraction of sp³-hybridized carbons (Fsp3) is 0. The van der Waals surface area contributed by atoms with Crippen molar-refractivity contribution in [3.05, 3.63) is 28.4 Å². The highest BCUT2D eigenvalue weighted by molar-refractivity contribution is 6.35. The number of hydrogen-bond acceptors (Lipinski definition) is 6. The molecule has 0 aliphatic carbocycles. The summed E-state index contributed by atoms with van der Waals surface area (Å²) < 4.78 is 5.08. The van der Waals surface area contributed by atoms with Crippen LogP contribution in [0.15, 0.2) is 22.9 Å². The number of nitrogens with one attached hydrogen (secondary N) is 1. The minimum absolute atomic E-state index is 0.243. The number of H-pyrrole nitrogens is 1. The van der Waals surface area contributed by atoms with Gasteiger partial charge in [0.15, 0.2) is 0 Å². The van der Waals surface area contributed by atoms with E-state index in [0.29, 0.717) is 27.3 Å². The van der Waals surface area contributed by atoms with Crippen molar-refractivity contribution in [3.8, 4) is 23.1 Å². The van der Waals surface area contributed by atoms with Gasteiger partial charge in [-0.1, -0.05) is 28.4 Å². The van der Waals surface area contributed by atoms with Gasteiger partial charge in [0.2, 0.25) is 5.82 Å². The highest BCUT2D eigenvalue weighted by Gasteiger charge is 2.16. The van der Waals surface area contributed by atoms with E-state index >= 15 is 0 Å². The molecular weight excluding hydrogens is 291 g/mol. The Hall–Kier alpha value is -2.12. The van der Waals surface area contributed by atoms with Crippen LogP contribution in [0, 0.1) is 0 Å². The molecule has 0 spiro atoms. The van der Waals surface area contributed by atoms with Gasteiger partial charge in [0.25, 0.3) is 5.89 Å². The average Bonchev–Trinajstić information content (AvgIpc) is 2.97. The van der Waals surface area contributed by atoms with Crippen LogP contribution >= 0.6 is 23.2 Å².